The molecule has 1 rings (SSSR count). The van der Waals surface area contributed by atoms with Crippen LogP contribution < -0.4 is 0 Å². The highest BCUT2D eigenvalue weighted by Crippen LogP contribution is 2.15. The van der Waals surface area contributed by atoms with Crippen LogP contribution in [0.5, 0.6) is 0 Å². The lowest BCUT2D eigenvalue weighted by atomic mass is 9.99. The first kappa shape index (κ1) is 15.3. The molecule has 0 aromatic carbocycles. The zero-order valence-corrected chi connectivity index (χ0v) is 12.8. The number of guanidine groups is 1. The molecule has 0 unspecified atom stereocenters. The Balaban J connectivity index is 2.23. The second kappa shape index (κ2) is 7.62. The summed E-state index contributed by atoms with van der Waals surface area (Å²) in [5.74, 6) is 1.98. The maximum atomic E-state index is 4.66. The van der Waals surface area contributed by atoms with E-state index in [1.807, 2.05) is 28.2 Å². The molecule has 0 aliphatic carbocycles. The Kier molecular flexibility index (Phi) is 6.47. The van der Waals surface area contributed by atoms with E-state index < -0.39 is 0 Å². The van der Waals surface area contributed by atoms with Crippen LogP contribution in [0.25, 0.3) is 0 Å². The molecule has 0 spiro atoms. The average molecular weight is 254 g/mol. The Morgan fingerprint density at radius 1 is 1.11 bits per heavy atom. The molecule has 1 fully saturated rings. The van der Waals surface area contributed by atoms with Gasteiger partial charge in [-0.3, -0.25) is 4.99 Å². The fraction of sp³-hybridized carbons (Fsp3) is 0.929. The number of likely N-dealkylation sites (tertiary alicyclic amines) is 1. The van der Waals surface area contributed by atoms with E-state index in [4.69, 9.17) is 0 Å². The summed E-state index contributed by atoms with van der Waals surface area (Å²) in [5.41, 5.74) is 0. The molecule has 0 aromatic rings. The van der Waals surface area contributed by atoms with Gasteiger partial charge in [0.25, 0.3) is 0 Å². The number of nitrogens with zero attached hydrogens (tertiary/aromatic N) is 4. The molecule has 1 heterocycles. The van der Waals surface area contributed by atoms with Gasteiger partial charge in [-0.2, -0.15) is 0 Å². The molecule has 0 bridgehead atoms. The van der Waals surface area contributed by atoms with E-state index in [0.29, 0.717) is 0 Å². The van der Waals surface area contributed by atoms with Gasteiger partial charge in [-0.15, -0.1) is 0 Å². The summed E-state index contributed by atoms with van der Waals surface area (Å²) in [4.78, 5) is 11.4. The first-order valence-corrected chi connectivity index (χ1v) is 7.12. The Morgan fingerprint density at radius 3 is 2.17 bits per heavy atom. The minimum atomic E-state index is 0.924. The summed E-state index contributed by atoms with van der Waals surface area (Å²) in [6.45, 7) is 7.04. The molecule has 1 aliphatic rings. The second-order valence-electron chi connectivity index (χ2n) is 5.85. The van der Waals surface area contributed by atoms with Crippen LogP contribution in [0.15, 0.2) is 4.99 Å². The van der Waals surface area contributed by atoms with Crippen molar-refractivity contribution in [1.29, 1.82) is 0 Å². The quantitative estimate of drug-likeness (QED) is 0.432. The van der Waals surface area contributed by atoms with Crippen molar-refractivity contribution in [1.82, 2.24) is 14.7 Å². The first-order chi connectivity index (χ1) is 8.50. The maximum Gasteiger partial charge on any atom is 0.195 e. The lowest BCUT2D eigenvalue weighted by molar-refractivity contribution is 0.191. The Bertz CT molecular complexity index is 243. The molecule has 0 N–H and O–H groups in total. The lowest BCUT2D eigenvalue weighted by Gasteiger charge is -2.30. The molecule has 1 saturated heterocycles. The maximum absolute atomic E-state index is 4.66. The highest BCUT2D eigenvalue weighted by Gasteiger charge is 2.14. The molecule has 106 valence electrons. The molecule has 4 nitrogen and oxygen atoms in total. The van der Waals surface area contributed by atoms with E-state index in [9.17, 15) is 0 Å². The first-order valence-electron chi connectivity index (χ1n) is 7.12. The van der Waals surface area contributed by atoms with Gasteiger partial charge in [0, 0.05) is 34.7 Å². The highest BCUT2D eigenvalue weighted by atomic mass is 15.3. The van der Waals surface area contributed by atoms with Gasteiger partial charge in [0.1, 0.15) is 0 Å². The van der Waals surface area contributed by atoms with Gasteiger partial charge in [-0.1, -0.05) is 6.92 Å². The Morgan fingerprint density at radius 2 is 1.67 bits per heavy atom. The van der Waals surface area contributed by atoms with Gasteiger partial charge in [-0.25, -0.2) is 0 Å². The fourth-order valence-corrected chi connectivity index (χ4v) is 2.44. The Hall–Kier alpha value is -0.770. The average Bonchev–Trinajstić information content (AvgIpc) is 2.30. The minimum absolute atomic E-state index is 0.924. The molecule has 0 atom stereocenters. The predicted molar refractivity (Wildman–Crippen MR) is 79.1 cm³/mol. The molecule has 0 aromatic heterocycles. The van der Waals surface area contributed by atoms with E-state index in [2.05, 4.69) is 26.6 Å². The summed E-state index contributed by atoms with van der Waals surface area (Å²) < 4.78 is 0. The van der Waals surface area contributed by atoms with Gasteiger partial charge in [0.2, 0.25) is 0 Å². The van der Waals surface area contributed by atoms with Gasteiger partial charge in [0.15, 0.2) is 5.96 Å². The van der Waals surface area contributed by atoms with Gasteiger partial charge in [0.05, 0.1) is 0 Å². The van der Waals surface area contributed by atoms with Crippen molar-refractivity contribution in [2.24, 2.45) is 10.9 Å². The van der Waals surface area contributed by atoms with Crippen molar-refractivity contribution in [3.05, 3.63) is 0 Å². The van der Waals surface area contributed by atoms with E-state index in [0.717, 1.165) is 18.4 Å². The normalized spacial score (nSPS) is 17.6. The molecule has 0 radical (unpaired) electrons. The number of hydrogen-bond acceptors (Lipinski definition) is 2. The van der Waals surface area contributed by atoms with Crippen LogP contribution in [-0.4, -0.2) is 75.0 Å². The number of aliphatic imine (C=N–C) groups is 1. The van der Waals surface area contributed by atoms with Crippen LogP contribution in [0.3, 0.4) is 0 Å². The smallest absolute Gasteiger partial charge is 0.195 e. The van der Waals surface area contributed by atoms with E-state index in [1.54, 1.807) is 0 Å². The molecular weight excluding hydrogens is 224 g/mol. The van der Waals surface area contributed by atoms with Crippen LogP contribution in [0, 0.1) is 5.92 Å². The standard InChI is InChI=1S/C14H30N4/c1-13-7-11-18(12-8-13)10-6-9-15-14(16(2)3)17(4)5/h13H,6-12H2,1-5H3. The number of hydrogen-bond donors (Lipinski definition) is 0. The molecular formula is C14H30N4. The second-order valence-corrected chi connectivity index (χ2v) is 5.85. The monoisotopic (exact) mass is 254 g/mol. The SMILES string of the molecule is CC1CCN(CCCN=C(N(C)C)N(C)C)CC1. The summed E-state index contributed by atoms with van der Waals surface area (Å²) in [5, 5.41) is 0. The van der Waals surface area contributed by atoms with E-state index in [-0.39, 0.29) is 0 Å². The molecule has 18 heavy (non-hydrogen) atoms. The van der Waals surface area contributed by atoms with Crippen molar-refractivity contribution in [3.63, 3.8) is 0 Å². The largest absolute Gasteiger partial charge is 0.349 e. The van der Waals surface area contributed by atoms with E-state index in [1.165, 1.54) is 38.9 Å². The fourth-order valence-electron chi connectivity index (χ4n) is 2.44. The zero-order valence-electron chi connectivity index (χ0n) is 12.8. The third-order valence-corrected chi connectivity index (χ3v) is 3.56. The molecule has 0 amide bonds. The van der Waals surface area contributed by atoms with Crippen LogP contribution in [0.2, 0.25) is 0 Å². The Labute approximate surface area is 113 Å². The van der Waals surface area contributed by atoms with Crippen LogP contribution in [0.4, 0.5) is 0 Å². The zero-order chi connectivity index (χ0) is 13.5. The summed E-state index contributed by atoms with van der Waals surface area (Å²) >= 11 is 0. The third kappa shape index (κ3) is 5.25. The third-order valence-electron chi connectivity index (χ3n) is 3.56. The lowest BCUT2D eigenvalue weighted by Crippen LogP contribution is -2.36. The van der Waals surface area contributed by atoms with Crippen LogP contribution in [0.1, 0.15) is 26.2 Å². The van der Waals surface area contributed by atoms with Gasteiger partial charge in [-0.05, 0) is 44.8 Å². The predicted octanol–water partition coefficient (Wildman–Crippen LogP) is 1.59. The van der Waals surface area contributed by atoms with Crippen molar-refractivity contribution in [2.75, 3.05) is 54.4 Å². The summed E-state index contributed by atoms with van der Waals surface area (Å²) in [6, 6.07) is 0. The highest BCUT2D eigenvalue weighted by molar-refractivity contribution is 5.79. The van der Waals surface area contributed by atoms with Crippen LogP contribution >= 0.6 is 0 Å². The molecule has 1 aliphatic heterocycles. The number of rotatable bonds is 4. The van der Waals surface area contributed by atoms with Crippen LogP contribution in [-0.2, 0) is 0 Å². The minimum Gasteiger partial charge on any atom is -0.349 e. The van der Waals surface area contributed by atoms with Crippen molar-refractivity contribution >= 4 is 5.96 Å². The summed E-state index contributed by atoms with van der Waals surface area (Å²) in [7, 11) is 8.19. The van der Waals surface area contributed by atoms with Gasteiger partial charge < -0.3 is 14.7 Å². The van der Waals surface area contributed by atoms with Crippen molar-refractivity contribution in [3.8, 4) is 0 Å². The number of piperidine rings is 1. The van der Waals surface area contributed by atoms with Crippen molar-refractivity contribution in [2.45, 2.75) is 26.2 Å². The summed E-state index contributed by atoms with van der Waals surface area (Å²) in [6.07, 6.45) is 3.90. The topological polar surface area (TPSA) is 22.1 Å². The van der Waals surface area contributed by atoms with E-state index >= 15 is 0 Å². The van der Waals surface area contributed by atoms with Gasteiger partial charge >= 0.3 is 0 Å². The molecule has 4 heteroatoms. The van der Waals surface area contributed by atoms with Crippen molar-refractivity contribution < 1.29 is 0 Å². The molecule has 0 saturated carbocycles.